The Labute approximate surface area is 103 Å². The Balaban J connectivity index is 2.55. The summed E-state index contributed by atoms with van der Waals surface area (Å²) in [6, 6.07) is 8.83. The van der Waals surface area contributed by atoms with Gasteiger partial charge in [0.1, 0.15) is 5.82 Å². The van der Waals surface area contributed by atoms with E-state index >= 15 is 0 Å². The molecule has 0 bridgehead atoms. The molecule has 0 aliphatic rings. The monoisotopic (exact) mass is 231 g/mol. The summed E-state index contributed by atoms with van der Waals surface area (Å²) in [6.45, 7) is 5.11. The van der Waals surface area contributed by atoms with Crippen LogP contribution in [-0.4, -0.2) is 16.1 Å². The molecule has 0 fully saturated rings. The maximum atomic E-state index is 5.71. The van der Waals surface area contributed by atoms with Gasteiger partial charge in [0.2, 0.25) is 0 Å². The number of rotatable bonds is 5. The average molecular weight is 231 g/mol. The number of nitrogens with zero attached hydrogens (tertiary/aromatic N) is 2. The number of imidazole rings is 1. The predicted octanol–water partition coefficient (Wildman–Crippen LogP) is 2.90. The number of nitrogens with two attached hydrogens (primary N) is 1. The zero-order valence-corrected chi connectivity index (χ0v) is 10.7. The van der Waals surface area contributed by atoms with Crippen LogP contribution in [0.15, 0.2) is 24.3 Å². The standard InChI is InChI=1S/C14H21N3/c1-3-11(9-10-15)17-13-8-6-5-7-12(13)16-14(17)4-2/h5-8,11H,3-4,9-10,15H2,1-2H3. The van der Waals surface area contributed by atoms with Crippen molar-refractivity contribution in [2.24, 2.45) is 5.73 Å². The highest BCUT2D eigenvalue weighted by Crippen LogP contribution is 2.25. The normalized spacial score (nSPS) is 13.1. The minimum Gasteiger partial charge on any atom is -0.330 e. The molecule has 2 rings (SSSR count). The average Bonchev–Trinajstić information content (AvgIpc) is 2.74. The molecule has 0 saturated carbocycles. The largest absolute Gasteiger partial charge is 0.330 e. The van der Waals surface area contributed by atoms with Gasteiger partial charge in [0, 0.05) is 12.5 Å². The molecule has 3 heteroatoms. The van der Waals surface area contributed by atoms with E-state index < -0.39 is 0 Å². The second-order valence-electron chi connectivity index (χ2n) is 4.38. The molecule has 2 aromatic rings. The lowest BCUT2D eigenvalue weighted by Gasteiger charge is -2.19. The second kappa shape index (κ2) is 5.32. The van der Waals surface area contributed by atoms with Crippen molar-refractivity contribution in [1.82, 2.24) is 9.55 Å². The van der Waals surface area contributed by atoms with Crippen LogP contribution in [0.1, 0.15) is 38.6 Å². The summed E-state index contributed by atoms with van der Waals surface area (Å²) in [5.74, 6) is 1.17. The first-order valence-corrected chi connectivity index (χ1v) is 6.47. The highest BCUT2D eigenvalue weighted by Gasteiger charge is 2.15. The number of para-hydroxylation sites is 2. The number of hydrogen-bond donors (Lipinski definition) is 1. The third-order valence-corrected chi connectivity index (χ3v) is 3.32. The van der Waals surface area contributed by atoms with Gasteiger partial charge in [-0.3, -0.25) is 0 Å². The van der Waals surface area contributed by atoms with Crippen LogP contribution in [0.5, 0.6) is 0 Å². The third kappa shape index (κ3) is 2.20. The van der Waals surface area contributed by atoms with Gasteiger partial charge in [0.05, 0.1) is 11.0 Å². The van der Waals surface area contributed by atoms with Gasteiger partial charge < -0.3 is 10.3 Å². The van der Waals surface area contributed by atoms with Crippen molar-refractivity contribution < 1.29 is 0 Å². The highest BCUT2D eigenvalue weighted by atomic mass is 15.1. The van der Waals surface area contributed by atoms with Crippen molar-refractivity contribution in [3.8, 4) is 0 Å². The molecule has 0 saturated heterocycles. The maximum Gasteiger partial charge on any atom is 0.109 e. The first-order valence-electron chi connectivity index (χ1n) is 6.47. The molecule has 0 amide bonds. The van der Waals surface area contributed by atoms with Crippen LogP contribution in [0.25, 0.3) is 11.0 Å². The molecule has 1 unspecified atom stereocenters. The first kappa shape index (κ1) is 12.1. The van der Waals surface area contributed by atoms with Crippen molar-refractivity contribution >= 4 is 11.0 Å². The minimum absolute atomic E-state index is 0.474. The molecular formula is C14H21N3. The molecule has 0 aliphatic heterocycles. The van der Waals surface area contributed by atoms with Gasteiger partial charge in [-0.2, -0.15) is 0 Å². The first-order chi connectivity index (χ1) is 8.31. The molecule has 0 aliphatic carbocycles. The number of hydrogen-bond acceptors (Lipinski definition) is 2. The molecule has 0 spiro atoms. The fourth-order valence-electron chi connectivity index (χ4n) is 2.46. The third-order valence-electron chi connectivity index (χ3n) is 3.32. The SMILES string of the molecule is CCc1nc2ccccc2n1C(CC)CCN. The highest BCUT2D eigenvalue weighted by molar-refractivity contribution is 5.76. The van der Waals surface area contributed by atoms with Gasteiger partial charge in [0.25, 0.3) is 0 Å². The lowest BCUT2D eigenvalue weighted by atomic mass is 10.1. The van der Waals surface area contributed by atoms with Gasteiger partial charge in [-0.25, -0.2) is 4.98 Å². The van der Waals surface area contributed by atoms with E-state index in [9.17, 15) is 0 Å². The van der Waals surface area contributed by atoms with Gasteiger partial charge in [-0.1, -0.05) is 26.0 Å². The minimum atomic E-state index is 0.474. The quantitative estimate of drug-likeness (QED) is 0.860. The van der Waals surface area contributed by atoms with E-state index in [0.717, 1.165) is 31.3 Å². The molecule has 1 atom stereocenters. The Morgan fingerprint density at radius 3 is 2.71 bits per heavy atom. The molecule has 2 N–H and O–H groups in total. The van der Waals surface area contributed by atoms with E-state index in [1.54, 1.807) is 0 Å². The van der Waals surface area contributed by atoms with Crippen LogP contribution < -0.4 is 5.73 Å². The lowest BCUT2D eigenvalue weighted by Crippen LogP contribution is -2.15. The van der Waals surface area contributed by atoms with Crippen LogP contribution in [0.4, 0.5) is 0 Å². The molecule has 1 aromatic heterocycles. The molecule has 92 valence electrons. The zero-order valence-electron chi connectivity index (χ0n) is 10.7. The Morgan fingerprint density at radius 1 is 1.29 bits per heavy atom. The lowest BCUT2D eigenvalue weighted by molar-refractivity contribution is 0.455. The summed E-state index contributed by atoms with van der Waals surface area (Å²) in [4.78, 5) is 4.70. The number of aryl methyl sites for hydroxylation is 1. The van der Waals surface area contributed by atoms with Gasteiger partial charge >= 0.3 is 0 Å². The fraction of sp³-hybridized carbons (Fsp3) is 0.500. The van der Waals surface area contributed by atoms with E-state index in [-0.39, 0.29) is 0 Å². The molecule has 3 nitrogen and oxygen atoms in total. The van der Waals surface area contributed by atoms with Crippen LogP contribution >= 0.6 is 0 Å². The molecule has 1 aromatic carbocycles. The smallest absolute Gasteiger partial charge is 0.109 e. The molecular weight excluding hydrogens is 210 g/mol. The molecule has 17 heavy (non-hydrogen) atoms. The number of benzene rings is 1. The van der Waals surface area contributed by atoms with Crippen LogP contribution in [0.3, 0.4) is 0 Å². The van der Waals surface area contributed by atoms with E-state index in [2.05, 4.69) is 36.6 Å². The Morgan fingerprint density at radius 2 is 2.06 bits per heavy atom. The Kier molecular flexibility index (Phi) is 3.79. The van der Waals surface area contributed by atoms with Crippen molar-refractivity contribution in [2.75, 3.05) is 6.54 Å². The Hall–Kier alpha value is -1.35. The summed E-state index contributed by atoms with van der Waals surface area (Å²) in [6.07, 6.45) is 3.09. The second-order valence-corrected chi connectivity index (χ2v) is 4.38. The predicted molar refractivity (Wildman–Crippen MR) is 72.1 cm³/mol. The van der Waals surface area contributed by atoms with Crippen LogP contribution in [0, 0.1) is 0 Å². The van der Waals surface area contributed by atoms with E-state index in [4.69, 9.17) is 10.7 Å². The number of aromatic nitrogens is 2. The van der Waals surface area contributed by atoms with Crippen molar-refractivity contribution in [1.29, 1.82) is 0 Å². The molecule has 1 heterocycles. The van der Waals surface area contributed by atoms with Crippen LogP contribution in [-0.2, 0) is 6.42 Å². The summed E-state index contributed by atoms with van der Waals surface area (Å²) in [5, 5.41) is 0. The van der Waals surface area contributed by atoms with E-state index in [1.165, 1.54) is 11.3 Å². The van der Waals surface area contributed by atoms with Gasteiger partial charge in [0.15, 0.2) is 0 Å². The van der Waals surface area contributed by atoms with Crippen molar-refractivity contribution in [2.45, 2.75) is 39.2 Å². The van der Waals surface area contributed by atoms with Gasteiger partial charge in [-0.05, 0) is 31.5 Å². The van der Waals surface area contributed by atoms with Crippen LogP contribution in [0.2, 0.25) is 0 Å². The summed E-state index contributed by atoms with van der Waals surface area (Å²) in [7, 11) is 0. The molecule has 0 radical (unpaired) electrons. The topological polar surface area (TPSA) is 43.8 Å². The summed E-state index contributed by atoms with van der Waals surface area (Å²) >= 11 is 0. The van der Waals surface area contributed by atoms with Crippen molar-refractivity contribution in [3.63, 3.8) is 0 Å². The number of fused-ring (bicyclic) bond motifs is 1. The Bertz CT molecular complexity index is 487. The summed E-state index contributed by atoms with van der Waals surface area (Å²) < 4.78 is 2.38. The summed E-state index contributed by atoms with van der Waals surface area (Å²) in [5.41, 5.74) is 8.05. The van der Waals surface area contributed by atoms with E-state index in [1.807, 2.05) is 6.07 Å². The van der Waals surface area contributed by atoms with Gasteiger partial charge in [-0.15, -0.1) is 0 Å². The zero-order chi connectivity index (χ0) is 12.3. The van der Waals surface area contributed by atoms with Crippen molar-refractivity contribution in [3.05, 3.63) is 30.1 Å². The van der Waals surface area contributed by atoms with E-state index in [0.29, 0.717) is 6.04 Å². The fourth-order valence-corrected chi connectivity index (χ4v) is 2.46. The maximum absolute atomic E-state index is 5.71.